The molecule has 0 radical (unpaired) electrons. The molecule has 0 amide bonds. The Bertz CT molecular complexity index is 348. The van der Waals surface area contributed by atoms with Crippen molar-refractivity contribution in [2.24, 2.45) is 5.73 Å². The van der Waals surface area contributed by atoms with Crippen LogP contribution >= 0.6 is 0 Å². The fourth-order valence-electron chi connectivity index (χ4n) is 2.58. The molecule has 1 aliphatic rings. The van der Waals surface area contributed by atoms with Crippen LogP contribution in [0.15, 0.2) is 24.3 Å². The molecule has 0 aromatic heterocycles. The first-order valence-electron chi connectivity index (χ1n) is 6.17. The largest absolute Gasteiger partial charge is 0.328 e. The standard InChI is InChI=1S/C14H22N2/c1-11-5-3-4-6-12(11)10-16(2)14-8-7-13(15)9-14/h3-6,13-14H,7-10,15H2,1-2H3. The van der Waals surface area contributed by atoms with Crippen LogP contribution in [-0.4, -0.2) is 24.0 Å². The zero-order valence-corrected chi connectivity index (χ0v) is 10.3. The zero-order chi connectivity index (χ0) is 11.5. The molecule has 2 rings (SSSR count). The number of aryl methyl sites for hydroxylation is 1. The van der Waals surface area contributed by atoms with Crippen LogP contribution in [0.4, 0.5) is 0 Å². The Hall–Kier alpha value is -0.860. The van der Waals surface area contributed by atoms with Gasteiger partial charge in [0.2, 0.25) is 0 Å². The Morgan fingerprint density at radius 2 is 2.06 bits per heavy atom. The Labute approximate surface area is 98.4 Å². The highest BCUT2D eigenvalue weighted by molar-refractivity contribution is 5.25. The Balaban J connectivity index is 1.97. The second-order valence-corrected chi connectivity index (χ2v) is 5.07. The van der Waals surface area contributed by atoms with Gasteiger partial charge in [-0.05, 0) is 44.4 Å². The maximum absolute atomic E-state index is 5.96. The van der Waals surface area contributed by atoms with E-state index in [2.05, 4.69) is 43.1 Å². The van der Waals surface area contributed by atoms with Gasteiger partial charge in [0.05, 0.1) is 0 Å². The molecule has 0 bridgehead atoms. The fraction of sp³-hybridized carbons (Fsp3) is 0.571. The molecule has 16 heavy (non-hydrogen) atoms. The number of rotatable bonds is 3. The molecule has 2 N–H and O–H groups in total. The molecule has 0 saturated heterocycles. The van der Waals surface area contributed by atoms with Crippen molar-refractivity contribution in [1.82, 2.24) is 4.90 Å². The summed E-state index contributed by atoms with van der Waals surface area (Å²) in [6.07, 6.45) is 3.59. The SMILES string of the molecule is Cc1ccccc1CN(C)C1CCC(N)C1. The minimum Gasteiger partial charge on any atom is -0.328 e. The number of hydrogen-bond acceptors (Lipinski definition) is 2. The quantitative estimate of drug-likeness (QED) is 0.843. The maximum Gasteiger partial charge on any atom is 0.0236 e. The van der Waals surface area contributed by atoms with Crippen LogP contribution in [0.3, 0.4) is 0 Å². The lowest BCUT2D eigenvalue weighted by atomic mass is 10.1. The Kier molecular flexibility index (Phi) is 3.62. The van der Waals surface area contributed by atoms with E-state index >= 15 is 0 Å². The third-order valence-electron chi connectivity index (χ3n) is 3.75. The first-order chi connectivity index (χ1) is 7.66. The minimum absolute atomic E-state index is 0.421. The maximum atomic E-state index is 5.96. The highest BCUT2D eigenvalue weighted by Crippen LogP contribution is 2.23. The highest BCUT2D eigenvalue weighted by Gasteiger charge is 2.24. The summed E-state index contributed by atoms with van der Waals surface area (Å²) in [5.41, 5.74) is 8.78. The van der Waals surface area contributed by atoms with Crippen molar-refractivity contribution in [3.05, 3.63) is 35.4 Å². The summed E-state index contributed by atoms with van der Waals surface area (Å²) in [4.78, 5) is 2.45. The van der Waals surface area contributed by atoms with E-state index in [9.17, 15) is 0 Å². The number of nitrogens with two attached hydrogens (primary N) is 1. The average molecular weight is 218 g/mol. The first-order valence-corrected chi connectivity index (χ1v) is 6.17. The van der Waals surface area contributed by atoms with E-state index in [-0.39, 0.29) is 0 Å². The number of benzene rings is 1. The lowest BCUT2D eigenvalue weighted by Gasteiger charge is -2.25. The van der Waals surface area contributed by atoms with E-state index in [0.717, 1.165) is 13.0 Å². The first kappa shape index (κ1) is 11.6. The van der Waals surface area contributed by atoms with Gasteiger partial charge >= 0.3 is 0 Å². The van der Waals surface area contributed by atoms with Crippen LogP contribution in [0.25, 0.3) is 0 Å². The third-order valence-corrected chi connectivity index (χ3v) is 3.75. The van der Waals surface area contributed by atoms with Gasteiger partial charge in [-0.25, -0.2) is 0 Å². The van der Waals surface area contributed by atoms with E-state index in [4.69, 9.17) is 5.73 Å². The van der Waals surface area contributed by atoms with Gasteiger partial charge < -0.3 is 5.73 Å². The molecule has 1 saturated carbocycles. The monoisotopic (exact) mass is 218 g/mol. The lowest BCUT2D eigenvalue weighted by Crippen LogP contribution is -2.30. The van der Waals surface area contributed by atoms with Crippen LogP contribution in [-0.2, 0) is 6.54 Å². The van der Waals surface area contributed by atoms with Gasteiger partial charge in [-0.1, -0.05) is 24.3 Å². The predicted molar refractivity (Wildman–Crippen MR) is 68.3 cm³/mol. The molecule has 0 aliphatic heterocycles. The summed E-state index contributed by atoms with van der Waals surface area (Å²) in [6, 6.07) is 9.73. The summed E-state index contributed by atoms with van der Waals surface area (Å²) in [6.45, 7) is 3.23. The normalized spacial score (nSPS) is 25.2. The van der Waals surface area contributed by atoms with Crippen molar-refractivity contribution in [2.75, 3.05) is 7.05 Å². The van der Waals surface area contributed by atoms with E-state index in [1.807, 2.05) is 0 Å². The summed E-state index contributed by atoms with van der Waals surface area (Å²) in [5, 5.41) is 0. The predicted octanol–water partition coefficient (Wildman–Crippen LogP) is 2.31. The van der Waals surface area contributed by atoms with Gasteiger partial charge in [-0.15, -0.1) is 0 Å². The smallest absolute Gasteiger partial charge is 0.0236 e. The lowest BCUT2D eigenvalue weighted by molar-refractivity contribution is 0.235. The third kappa shape index (κ3) is 2.63. The summed E-state index contributed by atoms with van der Waals surface area (Å²) in [7, 11) is 2.22. The molecule has 1 aromatic rings. The van der Waals surface area contributed by atoms with Crippen LogP contribution in [0.5, 0.6) is 0 Å². The Morgan fingerprint density at radius 3 is 2.69 bits per heavy atom. The molecule has 1 aliphatic carbocycles. The molecule has 1 fully saturated rings. The summed E-state index contributed by atoms with van der Waals surface area (Å²) >= 11 is 0. The minimum atomic E-state index is 0.421. The number of hydrogen-bond donors (Lipinski definition) is 1. The van der Waals surface area contributed by atoms with Crippen molar-refractivity contribution in [1.29, 1.82) is 0 Å². The molecule has 2 unspecified atom stereocenters. The average Bonchev–Trinajstić information content (AvgIpc) is 2.68. The van der Waals surface area contributed by atoms with Gasteiger partial charge in [0.15, 0.2) is 0 Å². The van der Waals surface area contributed by atoms with Gasteiger partial charge in [0.25, 0.3) is 0 Å². The molecular weight excluding hydrogens is 196 g/mol. The molecule has 88 valence electrons. The molecular formula is C14H22N2. The van der Waals surface area contributed by atoms with Gasteiger partial charge in [-0.2, -0.15) is 0 Å². The number of nitrogens with zero attached hydrogens (tertiary/aromatic N) is 1. The zero-order valence-electron chi connectivity index (χ0n) is 10.3. The van der Waals surface area contributed by atoms with E-state index in [1.54, 1.807) is 0 Å². The highest BCUT2D eigenvalue weighted by atomic mass is 15.1. The molecule has 2 atom stereocenters. The molecule has 2 nitrogen and oxygen atoms in total. The van der Waals surface area contributed by atoms with Gasteiger partial charge in [0.1, 0.15) is 0 Å². The summed E-state index contributed by atoms with van der Waals surface area (Å²) in [5.74, 6) is 0. The topological polar surface area (TPSA) is 29.3 Å². The van der Waals surface area contributed by atoms with E-state index in [1.165, 1.54) is 24.0 Å². The fourth-order valence-corrected chi connectivity index (χ4v) is 2.58. The van der Waals surface area contributed by atoms with Crippen LogP contribution in [0.1, 0.15) is 30.4 Å². The van der Waals surface area contributed by atoms with Crippen LogP contribution in [0.2, 0.25) is 0 Å². The van der Waals surface area contributed by atoms with Crippen molar-refractivity contribution in [3.63, 3.8) is 0 Å². The molecule has 1 aromatic carbocycles. The van der Waals surface area contributed by atoms with Gasteiger partial charge in [-0.3, -0.25) is 4.90 Å². The van der Waals surface area contributed by atoms with Crippen LogP contribution in [0, 0.1) is 6.92 Å². The van der Waals surface area contributed by atoms with Crippen LogP contribution < -0.4 is 5.73 Å². The second-order valence-electron chi connectivity index (χ2n) is 5.07. The van der Waals surface area contributed by atoms with Gasteiger partial charge in [0, 0.05) is 18.6 Å². The second kappa shape index (κ2) is 4.98. The van der Waals surface area contributed by atoms with Crippen molar-refractivity contribution >= 4 is 0 Å². The van der Waals surface area contributed by atoms with E-state index in [0.29, 0.717) is 12.1 Å². The molecule has 0 spiro atoms. The van der Waals surface area contributed by atoms with Crippen molar-refractivity contribution in [3.8, 4) is 0 Å². The Morgan fingerprint density at radius 1 is 1.31 bits per heavy atom. The van der Waals surface area contributed by atoms with E-state index < -0.39 is 0 Å². The van der Waals surface area contributed by atoms with Crippen molar-refractivity contribution < 1.29 is 0 Å². The summed E-state index contributed by atoms with van der Waals surface area (Å²) < 4.78 is 0. The van der Waals surface area contributed by atoms with Crippen molar-refractivity contribution in [2.45, 2.75) is 44.8 Å². The molecule has 0 heterocycles. The molecule has 2 heteroatoms.